The van der Waals surface area contributed by atoms with Crippen molar-refractivity contribution in [2.45, 2.75) is 34.6 Å². The fraction of sp³-hybridized carbons (Fsp3) is 0.156. The number of fused-ring (bicyclic) bond motifs is 6. The van der Waals surface area contributed by atoms with Crippen molar-refractivity contribution in [2.75, 3.05) is 0 Å². The van der Waals surface area contributed by atoms with Gasteiger partial charge in [-0.25, -0.2) is 0 Å². The summed E-state index contributed by atoms with van der Waals surface area (Å²) in [7, 11) is 0. The number of imidazole rings is 1. The average Bonchev–Trinajstić information content (AvgIpc) is 3.25. The second-order valence-electron chi connectivity index (χ2n) is 9.54. The Hall–Kier alpha value is -3.26. The summed E-state index contributed by atoms with van der Waals surface area (Å²) in [5.41, 5.74) is 13.4. The molecule has 0 amide bonds. The molecule has 0 N–H and O–H groups in total. The molecule has 4 aromatic carbocycles. The molecule has 2 aromatic heterocycles. The van der Waals surface area contributed by atoms with Gasteiger partial charge >= 0.3 is 0 Å². The Kier molecular flexibility index (Phi) is 5.87. The molecule has 175 valence electrons. The third kappa shape index (κ3) is 3.62. The van der Waals surface area contributed by atoms with Crippen LogP contribution in [-0.2, 0) is 20.1 Å². The van der Waals surface area contributed by atoms with Gasteiger partial charge in [0.1, 0.15) is 0 Å². The maximum absolute atomic E-state index is 5.00. The normalized spacial score (nSPS) is 11.3. The molecule has 0 fully saturated rings. The minimum atomic E-state index is 0. The van der Waals surface area contributed by atoms with Crippen LogP contribution in [0, 0.1) is 40.7 Å². The first-order valence-electron chi connectivity index (χ1n) is 11.8. The number of nitrogens with zero attached hydrogens (tertiary/aromatic N) is 2. The minimum Gasteiger partial charge on any atom is -0.333 e. The fourth-order valence-electron chi connectivity index (χ4n) is 5.53. The zero-order chi connectivity index (χ0) is 23.6. The molecule has 0 bridgehead atoms. The third-order valence-electron chi connectivity index (χ3n) is 7.12. The van der Waals surface area contributed by atoms with Crippen LogP contribution in [0.1, 0.15) is 27.8 Å². The number of pyridine rings is 1. The molecule has 2 nitrogen and oxygen atoms in total. The summed E-state index contributed by atoms with van der Waals surface area (Å²) in [5.74, 6) is 0. The first-order chi connectivity index (χ1) is 16.4. The Balaban J connectivity index is 0.00000253. The number of hydrogen-bond donors (Lipinski definition) is 0. The number of benzene rings is 4. The summed E-state index contributed by atoms with van der Waals surface area (Å²) in [6.07, 6.45) is 2.04. The average molecular weight is 632 g/mol. The van der Waals surface area contributed by atoms with E-state index in [0.29, 0.717) is 0 Å². The van der Waals surface area contributed by atoms with Crippen LogP contribution in [0.3, 0.4) is 0 Å². The van der Waals surface area contributed by atoms with Gasteiger partial charge in [-0.1, -0.05) is 70.4 Å². The van der Waals surface area contributed by atoms with Crippen molar-refractivity contribution < 1.29 is 20.1 Å². The smallest absolute Gasteiger partial charge is 0.0639 e. The van der Waals surface area contributed by atoms with Crippen LogP contribution in [0.4, 0.5) is 0 Å². The maximum atomic E-state index is 5.00. The van der Waals surface area contributed by atoms with Gasteiger partial charge in [0.25, 0.3) is 0 Å². The molecule has 0 aliphatic rings. The molecule has 6 rings (SSSR count). The molecular formula is C32H27IrN2-. The molecule has 35 heavy (non-hydrogen) atoms. The van der Waals surface area contributed by atoms with Crippen LogP contribution in [0.15, 0.2) is 72.9 Å². The number of aryl methyl sites for hydroxylation is 5. The van der Waals surface area contributed by atoms with Crippen molar-refractivity contribution in [3.05, 3.63) is 107 Å². The Morgan fingerprint density at radius 2 is 1.46 bits per heavy atom. The first kappa shape index (κ1) is 23.5. The van der Waals surface area contributed by atoms with Crippen molar-refractivity contribution in [1.29, 1.82) is 0 Å². The van der Waals surface area contributed by atoms with E-state index >= 15 is 0 Å². The van der Waals surface area contributed by atoms with Gasteiger partial charge < -0.3 is 4.40 Å². The van der Waals surface area contributed by atoms with E-state index in [4.69, 9.17) is 4.98 Å². The van der Waals surface area contributed by atoms with E-state index in [1.165, 1.54) is 60.8 Å². The second-order valence-corrected chi connectivity index (χ2v) is 9.54. The van der Waals surface area contributed by atoms with Crippen LogP contribution in [0.2, 0.25) is 0 Å². The Labute approximate surface area is 220 Å². The van der Waals surface area contributed by atoms with Gasteiger partial charge in [0.15, 0.2) is 0 Å². The van der Waals surface area contributed by atoms with E-state index in [9.17, 15) is 0 Å². The number of hydrogen-bond acceptors (Lipinski definition) is 1. The van der Waals surface area contributed by atoms with Gasteiger partial charge in [0, 0.05) is 37.4 Å². The quantitative estimate of drug-likeness (QED) is 0.139. The third-order valence-corrected chi connectivity index (χ3v) is 7.12. The molecule has 0 spiro atoms. The van der Waals surface area contributed by atoms with Gasteiger partial charge in [-0.05, 0) is 73.9 Å². The van der Waals surface area contributed by atoms with Crippen molar-refractivity contribution in [3.63, 3.8) is 0 Å². The molecule has 0 aliphatic heterocycles. The van der Waals surface area contributed by atoms with E-state index in [0.717, 1.165) is 16.7 Å². The van der Waals surface area contributed by atoms with E-state index in [1.807, 2.05) is 12.3 Å². The van der Waals surface area contributed by atoms with Gasteiger partial charge in [0.05, 0.1) is 11.3 Å². The van der Waals surface area contributed by atoms with E-state index in [1.54, 1.807) is 0 Å². The Morgan fingerprint density at radius 3 is 2.17 bits per heavy atom. The van der Waals surface area contributed by atoms with E-state index in [-0.39, 0.29) is 20.1 Å². The molecule has 0 atom stereocenters. The van der Waals surface area contributed by atoms with Crippen molar-refractivity contribution >= 4 is 27.3 Å². The topological polar surface area (TPSA) is 17.3 Å². The molecule has 1 radical (unpaired) electrons. The largest absolute Gasteiger partial charge is 0.333 e. The molecule has 0 unspecified atom stereocenters. The zero-order valence-electron chi connectivity index (χ0n) is 20.7. The van der Waals surface area contributed by atoms with Crippen molar-refractivity contribution in [1.82, 2.24) is 9.38 Å². The minimum absolute atomic E-state index is 0. The SMILES string of the molecule is Cc1cc(C)c(-c2cnc3c4[c-]ccc(-c5ccccc5)c4c4cc(C)c(C)cc4n23)c(C)c1.[Ir]. The summed E-state index contributed by atoms with van der Waals surface area (Å²) < 4.78 is 2.35. The van der Waals surface area contributed by atoms with E-state index in [2.05, 4.69) is 106 Å². The maximum Gasteiger partial charge on any atom is 0.0639 e. The van der Waals surface area contributed by atoms with Gasteiger partial charge in [-0.2, -0.15) is 0 Å². The van der Waals surface area contributed by atoms with Crippen LogP contribution in [0.5, 0.6) is 0 Å². The summed E-state index contributed by atoms with van der Waals surface area (Å²) in [4.78, 5) is 5.00. The fourth-order valence-corrected chi connectivity index (χ4v) is 5.53. The molecule has 0 aliphatic carbocycles. The van der Waals surface area contributed by atoms with Crippen molar-refractivity contribution in [3.8, 4) is 22.4 Å². The van der Waals surface area contributed by atoms with Gasteiger partial charge in [0.2, 0.25) is 0 Å². The van der Waals surface area contributed by atoms with Gasteiger partial charge in [-0.15, -0.1) is 18.2 Å². The summed E-state index contributed by atoms with van der Waals surface area (Å²) >= 11 is 0. The predicted molar refractivity (Wildman–Crippen MR) is 144 cm³/mol. The van der Waals surface area contributed by atoms with Gasteiger partial charge in [-0.3, -0.25) is 4.98 Å². The summed E-state index contributed by atoms with van der Waals surface area (Å²) in [6.45, 7) is 11.0. The second kappa shape index (κ2) is 8.75. The summed E-state index contributed by atoms with van der Waals surface area (Å²) in [5, 5.41) is 3.52. The zero-order valence-corrected chi connectivity index (χ0v) is 23.1. The molecule has 0 saturated heterocycles. The Morgan fingerprint density at radius 1 is 0.771 bits per heavy atom. The molecule has 6 aromatic rings. The number of aromatic nitrogens is 2. The first-order valence-corrected chi connectivity index (χ1v) is 11.8. The monoisotopic (exact) mass is 632 g/mol. The molecular weight excluding hydrogens is 605 g/mol. The number of rotatable bonds is 2. The van der Waals surface area contributed by atoms with Crippen molar-refractivity contribution in [2.24, 2.45) is 0 Å². The van der Waals surface area contributed by atoms with Crippen LogP contribution in [0.25, 0.3) is 49.7 Å². The van der Waals surface area contributed by atoms with E-state index < -0.39 is 0 Å². The summed E-state index contributed by atoms with van der Waals surface area (Å²) in [6, 6.07) is 27.6. The molecule has 3 heteroatoms. The molecule has 2 heterocycles. The molecule has 0 saturated carbocycles. The Bertz CT molecular complexity index is 1720. The van der Waals surface area contributed by atoms with Crippen LogP contribution < -0.4 is 0 Å². The van der Waals surface area contributed by atoms with Crippen LogP contribution in [-0.4, -0.2) is 9.38 Å². The van der Waals surface area contributed by atoms with Crippen LogP contribution >= 0.6 is 0 Å². The standard InChI is InChI=1S/C32H27N2.Ir/c1-19-14-22(4)30(23(5)15-19)29-18-33-32-26-13-9-12-25(24-10-7-6-8-11-24)31(26)27-16-20(2)21(3)17-28(27)34(29)32;/h6-12,14-18H,1-5H3;/q-1;. The predicted octanol–water partition coefficient (Wildman–Crippen LogP) is 8.31.